The number of rotatable bonds is 7. The summed E-state index contributed by atoms with van der Waals surface area (Å²) in [5.41, 5.74) is 1.28. The van der Waals surface area contributed by atoms with Gasteiger partial charge in [0.2, 0.25) is 10.0 Å². The predicted octanol–water partition coefficient (Wildman–Crippen LogP) is 3.24. The van der Waals surface area contributed by atoms with Crippen molar-refractivity contribution in [3.8, 4) is 5.75 Å². The molecule has 0 aromatic heterocycles. The lowest BCUT2D eigenvalue weighted by Crippen LogP contribution is -2.23. The third-order valence-corrected chi connectivity index (χ3v) is 6.34. The Labute approximate surface area is 161 Å². The number of ether oxygens (including phenoxy) is 2. The number of hydrogen-bond acceptors (Lipinski definition) is 5. The fourth-order valence-corrected chi connectivity index (χ4v) is 3.88. The summed E-state index contributed by atoms with van der Waals surface area (Å²) >= 11 is 3.20. The van der Waals surface area contributed by atoms with Gasteiger partial charge in [-0.2, -0.15) is 0 Å². The molecule has 0 unspecified atom stereocenters. The van der Waals surface area contributed by atoms with Gasteiger partial charge < -0.3 is 9.47 Å². The zero-order valence-corrected chi connectivity index (χ0v) is 17.1. The predicted molar refractivity (Wildman–Crippen MR) is 102 cm³/mol. The Hall–Kier alpha value is -1.90. The molecule has 6 nitrogen and oxygen atoms in total. The highest BCUT2D eigenvalue weighted by molar-refractivity contribution is 9.10. The summed E-state index contributed by atoms with van der Waals surface area (Å²) in [4.78, 5) is 12.2. The van der Waals surface area contributed by atoms with E-state index in [0.717, 1.165) is 9.87 Å². The monoisotopic (exact) mass is 441 g/mol. The summed E-state index contributed by atoms with van der Waals surface area (Å²) in [7, 11) is -0.823. The molecule has 0 bridgehead atoms. The second kappa shape index (κ2) is 8.66. The molecule has 0 aliphatic carbocycles. The van der Waals surface area contributed by atoms with E-state index in [-0.39, 0.29) is 23.7 Å². The fourth-order valence-electron chi connectivity index (χ4n) is 2.04. The van der Waals surface area contributed by atoms with E-state index in [1.165, 1.54) is 32.3 Å². The summed E-state index contributed by atoms with van der Waals surface area (Å²) in [6.45, 7) is 2.24. The number of carbonyl (C=O) groups is 1. The zero-order chi connectivity index (χ0) is 19.3. The van der Waals surface area contributed by atoms with Gasteiger partial charge in [-0.1, -0.05) is 17.7 Å². The smallest absolute Gasteiger partial charge is 0.338 e. The second-order valence-corrected chi connectivity index (χ2v) is 8.70. The van der Waals surface area contributed by atoms with Crippen LogP contribution in [-0.2, 0) is 14.8 Å². The Morgan fingerprint density at radius 1 is 1.08 bits per heavy atom. The average Bonchev–Trinajstić information content (AvgIpc) is 2.60. The molecule has 0 radical (unpaired) electrons. The largest absolute Gasteiger partial charge is 0.490 e. The summed E-state index contributed by atoms with van der Waals surface area (Å²) in [6.07, 6.45) is 0. The van der Waals surface area contributed by atoms with Gasteiger partial charge in [0.25, 0.3) is 0 Å². The van der Waals surface area contributed by atoms with E-state index in [1.807, 2.05) is 31.2 Å². The molecule has 0 amide bonds. The van der Waals surface area contributed by atoms with Gasteiger partial charge in [0.1, 0.15) is 19.0 Å². The maximum Gasteiger partial charge on any atom is 0.338 e. The minimum absolute atomic E-state index is 0.00727. The molecule has 2 rings (SSSR count). The van der Waals surface area contributed by atoms with Crippen LogP contribution in [0.25, 0.3) is 0 Å². The van der Waals surface area contributed by atoms with Gasteiger partial charge in [0.05, 0.1) is 10.5 Å². The first-order valence-electron chi connectivity index (χ1n) is 7.80. The van der Waals surface area contributed by atoms with Crippen molar-refractivity contribution in [3.63, 3.8) is 0 Å². The fraction of sp³-hybridized carbons (Fsp3) is 0.278. The van der Waals surface area contributed by atoms with Gasteiger partial charge in [0.15, 0.2) is 0 Å². The van der Waals surface area contributed by atoms with Gasteiger partial charge in [-0.05, 0) is 53.2 Å². The van der Waals surface area contributed by atoms with Crippen LogP contribution in [0, 0.1) is 6.92 Å². The summed E-state index contributed by atoms with van der Waals surface area (Å²) in [6, 6.07) is 11.8. The van der Waals surface area contributed by atoms with E-state index in [0.29, 0.717) is 10.2 Å². The quantitative estimate of drug-likeness (QED) is 0.486. The molecule has 0 N–H and O–H groups in total. The topological polar surface area (TPSA) is 72.9 Å². The minimum Gasteiger partial charge on any atom is -0.490 e. The summed E-state index contributed by atoms with van der Waals surface area (Å²) in [5.74, 6) is 0.0786. The van der Waals surface area contributed by atoms with Crippen molar-refractivity contribution in [3.05, 3.63) is 58.1 Å². The van der Waals surface area contributed by atoms with Crippen molar-refractivity contribution in [1.29, 1.82) is 0 Å². The number of hydrogen-bond donors (Lipinski definition) is 0. The molecule has 0 aliphatic rings. The Bertz CT molecular complexity index is 879. The number of aryl methyl sites for hydroxylation is 1. The number of benzene rings is 2. The maximum atomic E-state index is 12.3. The number of carbonyl (C=O) groups excluding carboxylic acids is 1. The molecule has 0 saturated carbocycles. The Kier molecular flexibility index (Phi) is 6.80. The molecular weight excluding hydrogens is 422 g/mol. The first-order chi connectivity index (χ1) is 12.2. The number of esters is 1. The highest BCUT2D eigenvalue weighted by Crippen LogP contribution is 2.25. The Morgan fingerprint density at radius 2 is 1.73 bits per heavy atom. The first kappa shape index (κ1) is 20.4. The number of halogens is 1. The first-order valence-corrected chi connectivity index (χ1v) is 10.0. The minimum atomic E-state index is -3.67. The molecule has 26 heavy (non-hydrogen) atoms. The van der Waals surface area contributed by atoms with Crippen LogP contribution in [0.5, 0.6) is 5.75 Å². The highest BCUT2D eigenvalue weighted by Gasteiger charge is 2.22. The number of sulfonamides is 1. The van der Waals surface area contributed by atoms with Crippen molar-refractivity contribution < 1.29 is 22.7 Å². The molecule has 0 heterocycles. The van der Waals surface area contributed by atoms with Crippen LogP contribution >= 0.6 is 15.9 Å². The average molecular weight is 442 g/mol. The molecule has 0 aliphatic heterocycles. The van der Waals surface area contributed by atoms with Crippen LogP contribution in [-0.4, -0.2) is 46.0 Å². The van der Waals surface area contributed by atoms with E-state index < -0.39 is 16.0 Å². The van der Waals surface area contributed by atoms with E-state index in [9.17, 15) is 13.2 Å². The molecule has 8 heteroatoms. The Balaban J connectivity index is 1.98. The van der Waals surface area contributed by atoms with E-state index in [4.69, 9.17) is 9.47 Å². The molecule has 2 aromatic carbocycles. The van der Waals surface area contributed by atoms with Gasteiger partial charge in [-0.25, -0.2) is 17.5 Å². The van der Waals surface area contributed by atoms with E-state index in [1.54, 1.807) is 0 Å². The van der Waals surface area contributed by atoms with Crippen LogP contribution in [0.1, 0.15) is 15.9 Å². The van der Waals surface area contributed by atoms with Crippen molar-refractivity contribution in [2.24, 2.45) is 0 Å². The standard InChI is InChI=1S/C18H20BrNO5S/c1-13-4-7-15(8-5-13)24-10-11-25-18(21)14-6-9-16(19)17(12-14)26(22,23)20(2)3/h4-9,12H,10-11H2,1-3H3. The molecule has 140 valence electrons. The number of nitrogens with zero attached hydrogens (tertiary/aromatic N) is 1. The van der Waals surface area contributed by atoms with Gasteiger partial charge in [0, 0.05) is 18.6 Å². The maximum absolute atomic E-state index is 12.3. The second-order valence-electron chi connectivity index (χ2n) is 5.73. The van der Waals surface area contributed by atoms with Gasteiger partial charge >= 0.3 is 5.97 Å². The molecule has 0 saturated heterocycles. The van der Waals surface area contributed by atoms with Crippen molar-refractivity contribution in [2.45, 2.75) is 11.8 Å². The lowest BCUT2D eigenvalue weighted by molar-refractivity contribution is 0.0450. The molecule has 0 fully saturated rings. The van der Waals surface area contributed by atoms with Gasteiger partial charge in [-0.3, -0.25) is 0 Å². The third kappa shape index (κ3) is 5.06. The lowest BCUT2D eigenvalue weighted by Gasteiger charge is -2.14. The highest BCUT2D eigenvalue weighted by atomic mass is 79.9. The van der Waals surface area contributed by atoms with Crippen molar-refractivity contribution in [1.82, 2.24) is 4.31 Å². The van der Waals surface area contributed by atoms with Crippen LogP contribution in [0.3, 0.4) is 0 Å². The molecule has 0 atom stereocenters. The van der Waals surface area contributed by atoms with E-state index in [2.05, 4.69) is 15.9 Å². The SMILES string of the molecule is Cc1ccc(OCCOC(=O)c2ccc(Br)c(S(=O)(=O)N(C)C)c2)cc1. The summed E-state index contributed by atoms with van der Waals surface area (Å²) in [5, 5.41) is 0. The van der Waals surface area contributed by atoms with E-state index >= 15 is 0 Å². The normalized spacial score (nSPS) is 11.4. The summed E-state index contributed by atoms with van der Waals surface area (Å²) < 4.78 is 36.7. The molecule has 2 aromatic rings. The van der Waals surface area contributed by atoms with Crippen LogP contribution < -0.4 is 4.74 Å². The van der Waals surface area contributed by atoms with Crippen LogP contribution in [0.4, 0.5) is 0 Å². The molecule has 0 spiro atoms. The van der Waals surface area contributed by atoms with Gasteiger partial charge in [-0.15, -0.1) is 0 Å². The van der Waals surface area contributed by atoms with Crippen molar-refractivity contribution in [2.75, 3.05) is 27.3 Å². The van der Waals surface area contributed by atoms with Crippen LogP contribution in [0.2, 0.25) is 0 Å². The van der Waals surface area contributed by atoms with Crippen molar-refractivity contribution >= 4 is 31.9 Å². The lowest BCUT2D eigenvalue weighted by atomic mass is 10.2. The third-order valence-electron chi connectivity index (χ3n) is 3.53. The Morgan fingerprint density at radius 3 is 2.35 bits per heavy atom. The molecular formula is C18H20BrNO5S. The van der Waals surface area contributed by atoms with Crippen LogP contribution in [0.15, 0.2) is 51.8 Å². The zero-order valence-electron chi connectivity index (χ0n) is 14.7.